The van der Waals surface area contributed by atoms with E-state index in [-0.39, 0.29) is 11.8 Å². The number of benzene rings is 1. The van der Waals surface area contributed by atoms with Crippen LogP contribution in [0.3, 0.4) is 0 Å². The van der Waals surface area contributed by atoms with E-state index in [0.29, 0.717) is 25.7 Å². The minimum absolute atomic E-state index is 0.0877. The lowest BCUT2D eigenvalue weighted by atomic mass is 9.97. The molecule has 0 radical (unpaired) electrons. The molecular formula is C22H34N4O4. The van der Waals surface area contributed by atoms with E-state index >= 15 is 0 Å². The van der Waals surface area contributed by atoms with Crippen LogP contribution in [0, 0.1) is 5.92 Å². The lowest BCUT2D eigenvalue weighted by Crippen LogP contribution is -2.37. The minimum atomic E-state index is -0.486. The third-order valence-electron chi connectivity index (χ3n) is 5.50. The number of hydrogen-bond donors (Lipinski definition) is 1. The number of amides is 1. The molecule has 1 saturated heterocycles. The average molecular weight is 419 g/mol. The molecule has 1 aliphatic heterocycles. The first-order valence-corrected chi connectivity index (χ1v) is 10.6. The van der Waals surface area contributed by atoms with Crippen molar-refractivity contribution in [2.75, 3.05) is 44.8 Å². The molecule has 1 N–H and O–H groups in total. The predicted octanol–water partition coefficient (Wildman–Crippen LogP) is 2.97. The summed E-state index contributed by atoms with van der Waals surface area (Å²) in [6.45, 7) is 9.25. The lowest BCUT2D eigenvalue weighted by molar-refractivity contribution is 0.0203. The molecule has 0 atom stereocenters. The van der Waals surface area contributed by atoms with Crippen molar-refractivity contribution >= 4 is 22.8 Å². The van der Waals surface area contributed by atoms with E-state index in [1.807, 2.05) is 26.8 Å². The van der Waals surface area contributed by atoms with Gasteiger partial charge in [-0.3, -0.25) is 4.57 Å². The summed E-state index contributed by atoms with van der Waals surface area (Å²) in [7, 11) is 3.52. The molecule has 2 heterocycles. The molecular weight excluding hydrogens is 384 g/mol. The maximum atomic E-state index is 12.0. The van der Waals surface area contributed by atoms with Crippen LogP contribution in [0.5, 0.6) is 0 Å². The van der Waals surface area contributed by atoms with Gasteiger partial charge in [0.1, 0.15) is 5.60 Å². The van der Waals surface area contributed by atoms with Crippen molar-refractivity contribution in [2.24, 2.45) is 13.0 Å². The molecule has 0 bridgehead atoms. The zero-order valence-electron chi connectivity index (χ0n) is 18.7. The molecule has 3 rings (SSSR count). The Kier molecular flexibility index (Phi) is 6.75. The molecule has 1 fully saturated rings. The van der Waals surface area contributed by atoms with Crippen molar-refractivity contribution in [2.45, 2.75) is 39.2 Å². The van der Waals surface area contributed by atoms with E-state index in [9.17, 15) is 9.59 Å². The maximum absolute atomic E-state index is 12.0. The highest BCUT2D eigenvalue weighted by Gasteiger charge is 2.21. The molecule has 166 valence electrons. The molecule has 1 aliphatic rings. The smallest absolute Gasteiger partial charge is 0.410 e. The number of nitrogens with one attached hydrogen (secondary N) is 1. The van der Waals surface area contributed by atoms with Crippen molar-refractivity contribution in [3.8, 4) is 0 Å². The number of H-pyrrole nitrogens is 1. The molecule has 8 heteroatoms. The second-order valence-corrected chi connectivity index (χ2v) is 9.10. The number of fused-ring (bicyclic) bond motifs is 1. The fraction of sp³-hybridized carbons (Fsp3) is 0.636. The highest BCUT2D eigenvalue weighted by molar-refractivity contribution is 5.79. The van der Waals surface area contributed by atoms with Gasteiger partial charge < -0.3 is 24.3 Å². The number of hydrogen-bond acceptors (Lipinski definition) is 5. The largest absolute Gasteiger partial charge is 0.444 e. The van der Waals surface area contributed by atoms with Gasteiger partial charge in [0.15, 0.2) is 0 Å². The summed E-state index contributed by atoms with van der Waals surface area (Å²) in [6, 6.07) is 6.13. The number of nitrogens with zero attached hydrogens (tertiary/aromatic N) is 3. The van der Waals surface area contributed by atoms with Crippen LogP contribution in [-0.4, -0.2) is 66.0 Å². The number of ether oxygens (including phenoxy) is 2. The topological polar surface area (TPSA) is 79.8 Å². The Morgan fingerprint density at radius 1 is 1.27 bits per heavy atom. The van der Waals surface area contributed by atoms with Crippen molar-refractivity contribution in [1.82, 2.24) is 14.5 Å². The number of aromatic nitrogens is 2. The molecule has 1 amide bonds. The number of rotatable bonds is 6. The van der Waals surface area contributed by atoms with E-state index in [1.54, 1.807) is 23.6 Å². The van der Waals surface area contributed by atoms with Crippen molar-refractivity contribution in [1.29, 1.82) is 0 Å². The van der Waals surface area contributed by atoms with E-state index in [4.69, 9.17) is 9.47 Å². The number of carbonyl (C=O) groups is 1. The number of imidazole rings is 1. The summed E-state index contributed by atoms with van der Waals surface area (Å²) in [5.41, 5.74) is 2.37. The summed E-state index contributed by atoms with van der Waals surface area (Å²) in [4.78, 5) is 30.5. The Balaban J connectivity index is 1.40. The van der Waals surface area contributed by atoms with Gasteiger partial charge in [0.05, 0.1) is 17.6 Å². The van der Waals surface area contributed by atoms with Gasteiger partial charge in [0, 0.05) is 46.0 Å². The fourth-order valence-electron chi connectivity index (χ4n) is 3.65. The Hall–Kier alpha value is -2.48. The first-order chi connectivity index (χ1) is 14.1. The van der Waals surface area contributed by atoms with Crippen LogP contribution in [-0.2, 0) is 16.5 Å². The molecule has 30 heavy (non-hydrogen) atoms. The van der Waals surface area contributed by atoms with Crippen LogP contribution in [0.15, 0.2) is 23.0 Å². The molecule has 2 aromatic rings. The third kappa shape index (κ3) is 5.56. The van der Waals surface area contributed by atoms with Crippen molar-refractivity contribution in [3.63, 3.8) is 0 Å². The van der Waals surface area contributed by atoms with Crippen LogP contribution >= 0.6 is 0 Å². The number of aromatic amines is 1. The molecule has 0 unspecified atom stereocenters. The van der Waals surface area contributed by atoms with Crippen LogP contribution in [0.4, 0.5) is 10.5 Å². The molecule has 0 spiro atoms. The second-order valence-electron chi connectivity index (χ2n) is 9.10. The average Bonchev–Trinajstić information content (AvgIpc) is 2.97. The quantitative estimate of drug-likeness (QED) is 0.730. The van der Waals surface area contributed by atoms with E-state index in [0.717, 1.165) is 42.7 Å². The van der Waals surface area contributed by atoms with Gasteiger partial charge in [0.2, 0.25) is 0 Å². The van der Waals surface area contributed by atoms with Gasteiger partial charge in [-0.25, -0.2) is 9.59 Å². The van der Waals surface area contributed by atoms with E-state index in [2.05, 4.69) is 22.0 Å². The lowest BCUT2D eigenvalue weighted by Gasteiger charge is -2.33. The summed E-state index contributed by atoms with van der Waals surface area (Å²) >= 11 is 0. The van der Waals surface area contributed by atoms with Crippen molar-refractivity contribution < 1.29 is 14.3 Å². The monoisotopic (exact) mass is 418 g/mol. The van der Waals surface area contributed by atoms with E-state index in [1.165, 1.54) is 0 Å². The normalized spacial score (nSPS) is 15.6. The van der Waals surface area contributed by atoms with Gasteiger partial charge in [-0.05, 0) is 57.7 Å². The van der Waals surface area contributed by atoms with Crippen LogP contribution in [0.25, 0.3) is 11.0 Å². The molecule has 0 aliphatic carbocycles. The van der Waals surface area contributed by atoms with Gasteiger partial charge in [-0.2, -0.15) is 0 Å². The van der Waals surface area contributed by atoms with Gasteiger partial charge >= 0.3 is 11.8 Å². The maximum Gasteiger partial charge on any atom is 0.410 e. The fourth-order valence-corrected chi connectivity index (χ4v) is 3.65. The Morgan fingerprint density at radius 2 is 1.97 bits per heavy atom. The Morgan fingerprint density at radius 3 is 2.63 bits per heavy atom. The van der Waals surface area contributed by atoms with Gasteiger partial charge in [-0.15, -0.1) is 0 Å². The Labute approximate surface area is 177 Å². The van der Waals surface area contributed by atoms with E-state index < -0.39 is 5.60 Å². The number of piperidine rings is 1. The van der Waals surface area contributed by atoms with Crippen LogP contribution in [0.1, 0.15) is 33.6 Å². The number of anilines is 1. The minimum Gasteiger partial charge on any atom is -0.444 e. The summed E-state index contributed by atoms with van der Waals surface area (Å²) in [6.07, 6.45) is 1.80. The SMILES string of the molecule is CN(CCOCC1CCN(c2ccc3[nH]c(=O)n(C)c3c2)CC1)C(=O)OC(C)(C)C. The van der Waals surface area contributed by atoms with Gasteiger partial charge in [0.25, 0.3) is 0 Å². The predicted molar refractivity (Wildman–Crippen MR) is 118 cm³/mol. The molecule has 0 saturated carbocycles. The number of likely N-dealkylation sites (N-methyl/N-ethyl adjacent to an activating group) is 1. The highest BCUT2D eigenvalue weighted by Crippen LogP contribution is 2.26. The van der Waals surface area contributed by atoms with Crippen molar-refractivity contribution in [3.05, 3.63) is 28.7 Å². The number of aryl methyl sites for hydroxylation is 1. The highest BCUT2D eigenvalue weighted by atomic mass is 16.6. The summed E-state index contributed by atoms with van der Waals surface area (Å²) in [5.74, 6) is 0.522. The molecule has 1 aromatic carbocycles. The second kappa shape index (κ2) is 9.12. The summed E-state index contributed by atoms with van der Waals surface area (Å²) < 4.78 is 12.8. The zero-order valence-corrected chi connectivity index (χ0v) is 18.7. The zero-order chi connectivity index (χ0) is 21.9. The standard InChI is InChI=1S/C22H34N4O4/c1-22(2,3)30-21(28)24(4)12-13-29-15-16-8-10-26(11-9-16)17-6-7-18-19(14-17)25(5)20(27)23-18/h6-7,14,16H,8-13,15H2,1-5H3,(H,23,27). The molecule has 1 aromatic heterocycles. The third-order valence-corrected chi connectivity index (χ3v) is 5.50. The number of carbonyl (C=O) groups excluding carboxylic acids is 1. The molecule has 8 nitrogen and oxygen atoms in total. The van der Waals surface area contributed by atoms with Gasteiger partial charge in [-0.1, -0.05) is 0 Å². The Bertz CT molecular complexity index is 919. The summed E-state index contributed by atoms with van der Waals surface area (Å²) in [5, 5.41) is 0. The van der Waals surface area contributed by atoms with Crippen LogP contribution in [0.2, 0.25) is 0 Å². The first-order valence-electron chi connectivity index (χ1n) is 10.6. The van der Waals surface area contributed by atoms with Crippen LogP contribution < -0.4 is 10.6 Å². The first kappa shape index (κ1) is 22.2.